The summed E-state index contributed by atoms with van der Waals surface area (Å²) in [6, 6.07) is 5.12. The van der Waals surface area contributed by atoms with Gasteiger partial charge < -0.3 is 19.7 Å². The molecule has 0 spiro atoms. The van der Waals surface area contributed by atoms with E-state index < -0.39 is 0 Å². The van der Waals surface area contributed by atoms with E-state index in [-0.39, 0.29) is 18.4 Å². The number of nitrogens with one attached hydrogen (secondary N) is 1. The maximum absolute atomic E-state index is 12.3. The molecule has 1 saturated heterocycles. The zero-order valence-corrected chi connectivity index (χ0v) is 15.2. The van der Waals surface area contributed by atoms with Crippen LogP contribution in [0.4, 0.5) is 0 Å². The van der Waals surface area contributed by atoms with Crippen molar-refractivity contribution in [2.75, 3.05) is 32.8 Å². The van der Waals surface area contributed by atoms with E-state index in [0.29, 0.717) is 30.3 Å². The lowest BCUT2D eigenvalue weighted by Gasteiger charge is -2.16. The molecule has 6 heteroatoms. The first kappa shape index (κ1) is 19.1. The van der Waals surface area contributed by atoms with Crippen LogP contribution in [0.1, 0.15) is 49.9 Å². The maximum atomic E-state index is 12.3. The Bertz CT molecular complexity index is 583. The quantitative estimate of drug-likeness (QED) is 0.745. The smallest absolute Gasteiger partial charge is 0.251 e. The number of amides is 2. The molecule has 6 nitrogen and oxygen atoms in total. The van der Waals surface area contributed by atoms with Gasteiger partial charge in [0.25, 0.3) is 5.91 Å². The molecule has 1 N–H and O–H groups in total. The van der Waals surface area contributed by atoms with Gasteiger partial charge >= 0.3 is 0 Å². The number of rotatable bonds is 9. The number of benzene rings is 1. The minimum Gasteiger partial charge on any atom is -0.490 e. The largest absolute Gasteiger partial charge is 0.490 e. The molecule has 2 amide bonds. The van der Waals surface area contributed by atoms with Gasteiger partial charge in [-0.05, 0) is 43.9 Å². The van der Waals surface area contributed by atoms with E-state index in [4.69, 9.17) is 9.47 Å². The lowest BCUT2D eigenvalue weighted by molar-refractivity contribution is -0.129. The van der Waals surface area contributed by atoms with Gasteiger partial charge in [0.15, 0.2) is 11.5 Å². The highest BCUT2D eigenvalue weighted by atomic mass is 16.5. The Morgan fingerprint density at radius 1 is 1.04 bits per heavy atom. The predicted octanol–water partition coefficient (Wildman–Crippen LogP) is 2.62. The molecular formula is C19H28N2O4. The third-order valence-electron chi connectivity index (χ3n) is 3.99. The minimum absolute atomic E-state index is 0.0259. The SMILES string of the molecule is CCCOc1ccc(C(=O)NCC(=O)N2CCCC2)cc1OCCC. The predicted molar refractivity (Wildman–Crippen MR) is 96.2 cm³/mol. The van der Waals surface area contributed by atoms with Crippen LogP contribution in [-0.4, -0.2) is 49.6 Å². The molecule has 1 heterocycles. The van der Waals surface area contributed by atoms with Crippen LogP contribution in [0.25, 0.3) is 0 Å². The molecule has 1 aliphatic rings. The lowest BCUT2D eigenvalue weighted by Crippen LogP contribution is -2.38. The Morgan fingerprint density at radius 2 is 1.68 bits per heavy atom. The highest BCUT2D eigenvalue weighted by Crippen LogP contribution is 2.29. The number of ether oxygens (including phenoxy) is 2. The summed E-state index contributed by atoms with van der Waals surface area (Å²) in [7, 11) is 0. The number of hydrogen-bond donors (Lipinski definition) is 1. The molecule has 0 radical (unpaired) electrons. The topological polar surface area (TPSA) is 67.9 Å². The van der Waals surface area contributed by atoms with Gasteiger partial charge in [0.1, 0.15) is 0 Å². The lowest BCUT2D eigenvalue weighted by atomic mass is 10.2. The Hall–Kier alpha value is -2.24. The highest BCUT2D eigenvalue weighted by molar-refractivity contribution is 5.97. The van der Waals surface area contributed by atoms with Crippen LogP contribution in [0.15, 0.2) is 18.2 Å². The van der Waals surface area contributed by atoms with Crippen molar-refractivity contribution in [2.45, 2.75) is 39.5 Å². The van der Waals surface area contributed by atoms with Gasteiger partial charge in [0, 0.05) is 18.7 Å². The summed E-state index contributed by atoms with van der Waals surface area (Å²) in [5, 5.41) is 2.70. The van der Waals surface area contributed by atoms with E-state index in [1.54, 1.807) is 23.1 Å². The summed E-state index contributed by atoms with van der Waals surface area (Å²) in [5.74, 6) is 0.890. The Kier molecular flexibility index (Phi) is 7.57. The molecule has 0 saturated carbocycles. The Labute approximate surface area is 149 Å². The zero-order valence-electron chi connectivity index (χ0n) is 15.2. The average Bonchev–Trinajstić information content (AvgIpc) is 3.17. The fourth-order valence-corrected chi connectivity index (χ4v) is 2.64. The van der Waals surface area contributed by atoms with Gasteiger partial charge in [-0.1, -0.05) is 13.8 Å². The second kappa shape index (κ2) is 9.91. The standard InChI is InChI=1S/C19H28N2O4/c1-3-11-24-16-8-7-15(13-17(16)25-12-4-2)19(23)20-14-18(22)21-9-5-6-10-21/h7-8,13H,3-6,9-12,14H2,1-2H3,(H,20,23). The van der Waals surface area contributed by atoms with Crippen LogP contribution < -0.4 is 14.8 Å². The number of carbonyl (C=O) groups excluding carboxylic acids is 2. The zero-order chi connectivity index (χ0) is 18.1. The summed E-state index contributed by atoms with van der Waals surface area (Å²) in [6.45, 7) is 6.80. The molecule has 1 aromatic carbocycles. The third-order valence-corrected chi connectivity index (χ3v) is 3.99. The molecule has 0 aliphatic carbocycles. The average molecular weight is 348 g/mol. The normalized spacial score (nSPS) is 13.6. The van der Waals surface area contributed by atoms with E-state index in [9.17, 15) is 9.59 Å². The van der Waals surface area contributed by atoms with Crippen LogP contribution in [0.2, 0.25) is 0 Å². The molecule has 0 bridgehead atoms. The van der Waals surface area contributed by atoms with E-state index in [1.165, 1.54) is 0 Å². The van der Waals surface area contributed by atoms with Gasteiger partial charge in [-0.15, -0.1) is 0 Å². The molecular weight excluding hydrogens is 320 g/mol. The monoisotopic (exact) mass is 348 g/mol. The molecule has 138 valence electrons. The van der Waals surface area contributed by atoms with Gasteiger partial charge in [-0.3, -0.25) is 9.59 Å². The summed E-state index contributed by atoms with van der Waals surface area (Å²) in [6.07, 6.45) is 3.84. The van der Waals surface area contributed by atoms with Crippen LogP contribution in [0.5, 0.6) is 11.5 Å². The minimum atomic E-state index is -0.282. The molecule has 1 aromatic rings. The summed E-state index contributed by atoms with van der Waals surface area (Å²) >= 11 is 0. The van der Waals surface area contributed by atoms with Crippen molar-refractivity contribution in [3.63, 3.8) is 0 Å². The molecule has 0 atom stereocenters. The van der Waals surface area contributed by atoms with Crippen molar-refractivity contribution in [1.82, 2.24) is 10.2 Å². The van der Waals surface area contributed by atoms with Crippen molar-refractivity contribution >= 4 is 11.8 Å². The second-order valence-electron chi connectivity index (χ2n) is 6.13. The van der Waals surface area contributed by atoms with Crippen molar-refractivity contribution in [3.05, 3.63) is 23.8 Å². The van der Waals surface area contributed by atoms with Crippen molar-refractivity contribution in [1.29, 1.82) is 0 Å². The molecule has 1 fully saturated rings. The van der Waals surface area contributed by atoms with Crippen molar-refractivity contribution in [3.8, 4) is 11.5 Å². The van der Waals surface area contributed by atoms with Crippen LogP contribution >= 0.6 is 0 Å². The first-order chi connectivity index (χ1) is 12.2. The number of carbonyl (C=O) groups is 2. The first-order valence-corrected chi connectivity index (χ1v) is 9.11. The van der Waals surface area contributed by atoms with Crippen LogP contribution in [-0.2, 0) is 4.79 Å². The second-order valence-corrected chi connectivity index (χ2v) is 6.13. The fraction of sp³-hybridized carbons (Fsp3) is 0.579. The molecule has 1 aliphatic heterocycles. The third kappa shape index (κ3) is 5.66. The summed E-state index contributed by atoms with van der Waals surface area (Å²) in [4.78, 5) is 26.2. The number of nitrogens with zero attached hydrogens (tertiary/aromatic N) is 1. The van der Waals surface area contributed by atoms with Gasteiger partial charge in [0.05, 0.1) is 19.8 Å². The molecule has 2 rings (SSSR count). The van der Waals surface area contributed by atoms with Gasteiger partial charge in [-0.25, -0.2) is 0 Å². The Balaban J connectivity index is 1.98. The van der Waals surface area contributed by atoms with Gasteiger partial charge in [0.2, 0.25) is 5.91 Å². The first-order valence-electron chi connectivity index (χ1n) is 9.11. The molecule has 0 unspecified atom stereocenters. The summed E-state index contributed by atoms with van der Waals surface area (Å²) in [5.41, 5.74) is 0.462. The molecule has 25 heavy (non-hydrogen) atoms. The maximum Gasteiger partial charge on any atom is 0.251 e. The number of hydrogen-bond acceptors (Lipinski definition) is 4. The van der Waals surface area contributed by atoms with Gasteiger partial charge in [-0.2, -0.15) is 0 Å². The number of likely N-dealkylation sites (tertiary alicyclic amines) is 1. The summed E-state index contributed by atoms with van der Waals surface area (Å²) < 4.78 is 11.4. The Morgan fingerprint density at radius 3 is 2.32 bits per heavy atom. The van der Waals surface area contributed by atoms with E-state index in [1.807, 2.05) is 13.8 Å². The van der Waals surface area contributed by atoms with Crippen LogP contribution in [0.3, 0.4) is 0 Å². The highest BCUT2D eigenvalue weighted by Gasteiger charge is 2.19. The van der Waals surface area contributed by atoms with E-state index in [0.717, 1.165) is 38.8 Å². The van der Waals surface area contributed by atoms with E-state index in [2.05, 4.69) is 5.32 Å². The van der Waals surface area contributed by atoms with E-state index >= 15 is 0 Å². The van der Waals surface area contributed by atoms with Crippen LogP contribution in [0, 0.1) is 0 Å². The van der Waals surface area contributed by atoms with Crippen molar-refractivity contribution < 1.29 is 19.1 Å². The van der Waals surface area contributed by atoms with Crippen molar-refractivity contribution in [2.24, 2.45) is 0 Å². The molecule has 0 aromatic heterocycles. The fourth-order valence-electron chi connectivity index (χ4n) is 2.64.